The van der Waals surface area contributed by atoms with Crippen molar-refractivity contribution in [1.29, 1.82) is 0 Å². The van der Waals surface area contributed by atoms with E-state index in [0.29, 0.717) is 17.9 Å². The molecule has 0 N–H and O–H groups in total. The molecule has 1 aliphatic carbocycles. The number of aryl methyl sites for hydroxylation is 2. The fourth-order valence-corrected chi connectivity index (χ4v) is 5.23. The van der Waals surface area contributed by atoms with Crippen LogP contribution in [0.3, 0.4) is 0 Å². The number of carbonyl (C=O) groups excluding carboxylic acids is 1. The number of hydrogen-bond acceptors (Lipinski definition) is 4. The van der Waals surface area contributed by atoms with Gasteiger partial charge in [0.15, 0.2) is 0 Å². The van der Waals surface area contributed by atoms with Crippen LogP contribution in [0.4, 0.5) is 0 Å². The summed E-state index contributed by atoms with van der Waals surface area (Å²) in [6.07, 6.45) is 4.53. The number of aromatic nitrogens is 1. The zero-order valence-corrected chi connectivity index (χ0v) is 17.4. The number of alkyl halides is 1. The molecule has 0 radical (unpaired) electrons. The van der Waals surface area contributed by atoms with E-state index in [1.807, 2.05) is 37.3 Å². The topological polar surface area (TPSA) is 39.2 Å². The quantitative estimate of drug-likeness (QED) is 0.481. The van der Waals surface area contributed by atoms with Crippen LogP contribution < -0.4 is 12.4 Å². The molecule has 0 spiro atoms. The molecule has 0 aliphatic heterocycles. The normalized spacial score (nSPS) is 13.1. The van der Waals surface area contributed by atoms with Gasteiger partial charge in [-0.25, -0.2) is 9.78 Å². The van der Waals surface area contributed by atoms with Crippen molar-refractivity contribution in [2.45, 2.75) is 38.5 Å². The van der Waals surface area contributed by atoms with Gasteiger partial charge in [-0.2, -0.15) is 0 Å². The Morgan fingerprint density at radius 1 is 1.22 bits per heavy atom. The van der Waals surface area contributed by atoms with E-state index in [1.54, 1.807) is 11.3 Å². The Morgan fingerprint density at radius 2 is 1.96 bits per heavy atom. The van der Waals surface area contributed by atoms with Gasteiger partial charge < -0.3 is 17.1 Å². The lowest BCUT2D eigenvalue weighted by atomic mass is 9.90. The second kappa shape index (κ2) is 8.59. The average Bonchev–Trinajstić information content (AvgIpc) is 3.05. The Hall–Kier alpha value is -1.62. The van der Waals surface area contributed by atoms with Gasteiger partial charge in [0.1, 0.15) is 4.83 Å². The minimum absolute atomic E-state index is 0. The maximum Gasteiger partial charge on any atom is 0.340 e. The van der Waals surface area contributed by atoms with Crippen molar-refractivity contribution >= 4 is 39.1 Å². The van der Waals surface area contributed by atoms with Gasteiger partial charge in [-0.3, -0.25) is 0 Å². The second-order valence-corrected chi connectivity index (χ2v) is 7.77. The SMILES string of the molecule is CCOC(=O)c1c(CCl)nc2sc3c(c2c1-c1ccccc1)CCCC3.[Cl-]. The van der Waals surface area contributed by atoms with Crippen LogP contribution in [0.25, 0.3) is 21.3 Å². The molecule has 6 heteroatoms. The van der Waals surface area contributed by atoms with E-state index in [-0.39, 0.29) is 24.3 Å². The highest BCUT2D eigenvalue weighted by Gasteiger charge is 2.27. The van der Waals surface area contributed by atoms with Gasteiger partial charge in [0.2, 0.25) is 0 Å². The number of benzene rings is 1. The number of rotatable bonds is 4. The minimum Gasteiger partial charge on any atom is -1.00 e. The van der Waals surface area contributed by atoms with Crippen LogP contribution >= 0.6 is 22.9 Å². The number of thiophene rings is 1. The van der Waals surface area contributed by atoms with Crippen LogP contribution in [0.5, 0.6) is 0 Å². The molecule has 0 saturated heterocycles. The molecule has 0 unspecified atom stereocenters. The summed E-state index contributed by atoms with van der Waals surface area (Å²) in [5, 5.41) is 1.12. The van der Waals surface area contributed by atoms with Crippen molar-refractivity contribution in [2.75, 3.05) is 6.61 Å². The Labute approximate surface area is 174 Å². The summed E-state index contributed by atoms with van der Waals surface area (Å²) in [7, 11) is 0. The first-order valence-corrected chi connectivity index (χ1v) is 10.3. The van der Waals surface area contributed by atoms with E-state index in [9.17, 15) is 4.79 Å². The first-order valence-electron chi connectivity index (χ1n) is 9.00. The molecule has 3 aromatic rings. The van der Waals surface area contributed by atoms with Crippen molar-refractivity contribution in [3.05, 3.63) is 52.0 Å². The maximum absolute atomic E-state index is 12.8. The van der Waals surface area contributed by atoms with Crippen molar-refractivity contribution in [2.24, 2.45) is 0 Å². The summed E-state index contributed by atoms with van der Waals surface area (Å²) in [5.41, 5.74) is 4.43. The third kappa shape index (κ3) is 3.58. The lowest BCUT2D eigenvalue weighted by Gasteiger charge is -2.16. The molecule has 142 valence electrons. The smallest absolute Gasteiger partial charge is 0.340 e. The molecule has 27 heavy (non-hydrogen) atoms. The van der Waals surface area contributed by atoms with E-state index >= 15 is 0 Å². The van der Waals surface area contributed by atoms with E-state index in [2.05, 4.69) is 0 Å². The van der Waals surface area contributed by atoms with Crippen LogP contribution in [0, 0.1) is 0 Å². The Morgan fingerprint density at radius 3 is 2.67 bits per heavy atom. The predicted octanol–water partition coefficient (Wildman–Crippen LogP) is 2.76. The Bertz CT molecular complexity index is 969. The molecule has 2 aromatic heterocycles. The van der Waals surface area contributed by atoms with Crippen LogP contribution in [0.15, 0.2) is 30.3 Å². The summed E-state index contributed by atoms with van der Waals surface area (Å²) >= 11 is 7.95. The third-order valence-electron chi connectivity index (χ3n) is 4.85. The van der Waals surface area contributed by atoms with E-state index < -0.39 is 0 Å². The van der Waals surface area contributed by atoms with Crippen LogP contribution in [-0.2, 0) is 23.5 Å². The molecule has 0 saturated carbocycles. The van der Waals surface area contributed by atoms with Crippen molar-refractivity contribution in [3.63, 3.8) is 0 Å². The van der Waals surface area contributed by atoms with E-state index in [0.717, 1.165) is 34.2 Å². The molecule has 0 amide bonds. The van der Waals surface area contributed by atoms with E-state index in [1.165, 1.54) is 23.3 Å². The van der Waals surface area contributed by atoms with E-state index in [4.69, 9.17) is 21.3 Å². The molecule has 2 heterocycles. The molecule has 1 aromatic carbocycles. The highest BCUT2D eigenvalue weighted by molar-refractivity contribution is 7.19. The van der Waals surface area contributed by atoms with Crippen LogP contribution in [0.1, 0.15) is 46.3 Å². The van der Waals surface area contributed by atoms with Gasteiger partial charge >= 0.3 is 5.97 Å². The molecule has 4 rings (SSSR count). The fraction of sp³-hybridized carbons (Fsp3) is 0.333. The Kier molecular flexibility index (Phi) is 6.40. The molecule has 0 bridgehead atoms. The summed E-state index contributed by atoms with van der Waals surface area (Å²) in [4.78, 5) is 20.0. The zero-order chi connectivity index (χ0) is 18.1. The lowest BCUT2D eigenvalue weighted by Crippen LogP contribution is -3.00. The number of nitrogens with zero attached hydrogens (tertiary/aromatic N) is 1. The van der Waals surface area contributed by atoms with Gasteiger partial charge in [0.05, 0.1) is 23.7 Å². The number of esters is 1. The highest BCUT2D eigenvalue weighted by Crippen LogP contribution is 2.43. The minimum atomic E-state index is -0.341. The average molecular weight is 421 g/mol. The molecular weight excluding hydrogens is 401 g/mol. The van der Waals surface area contributed by atoms with Crippen molar-refractivity contribution in [1.82, 2.24) is 4.98 Å². The van der Waals surface area contributed by atoms with Gasteiger partial charge in [0.25, 0.3) is 0 Å². The highest BCUT2D eigenvalue weighted by atomic mass is 35.5. The van der Waals surface area contributed by atoms with Crippen LogP contribution in [0.2, 0.25) is 0 Å². The van der Waals surface area contributed by atoms with Crippen molar-refractivity contribution < 1.29 is 21.9 Å². The number of pyridine rings is 1. The molecule has 3 nitrogen and oxygen atoms in total. The first kappa shape index (κ1) is 20.1. The monoisotopic (exact) mass is 420 g/mol. The largest absolute Gasteiger partial charge is 1.00 e. The van der Waals surface area contributed by atoms with Crippen molar-refractivity contribution in [3.8, 4) is 11.1 Å². The summed E-state index contributed by atoms with van der Waals surface area (Å²) in [6, 6.07) is 10.1. The molecule has 0 fully saturated rings. The lowest BCUT2D eigenvalue weighted by molar-refractivity contribution is -0.0000235. The molecular formula is C21H20Cl2NO2S-. The number of carbonyl (C=O) groups is 1. The van der Waals surface area contributed by atoms with Gasteiger partial charge in [-0.1, -0.05) is 30.3 Å². The van der Waals surface area contributed by atoms with Gasteiger partial charge in [-0.15, -0.1) is 22.9 Å². The number of halogens is 2. The number of ether oxygens (including phenoxy) is 1. The summed E-state index contributed by atoms with van der Waals surface area (Å²) in [5.74, 6) is -0.154. The number of hydrogen-bond donors (Lipinski definition) is 0. The zero-order valence-electron chi connectivity index (χ0n) is 15.1. The summed E-state index contributed by atoms with van der Waals surface area (Å²) < 4.78 is 5.37. The van der Waals surface area contributed by atoms with Gasteiger partial charge in [-0.05, 0) is 43.7 Å². The third-order valence-corrected chi connectivity index (χ3v) is 6.29. The van der Waals surface area contributed by atoms with Gasteiger partial charge in [0, 0.05) is 15.8 Å². The molecule has 1 aliphatic rings. The fourth-order valence-electron chi connectivity index (χ4n) is 3.75. The first-order chi connectivity index (χ1) is 12.7. The van der Waals surface area contributed by atoms with Crippen LogP contribution in [-0.4, -0.2) is 17.6 Å². The standard InChI is InChI=1S/C21H20ClNO2S.ClH/c1-2-25-21(24)19-15(12-22)23-20-18(14-10-6-7-11-16(14)26-20)17(19)13-8-4-3-5-9-13;/h3-5,8-9H,2,6-7,10-12H2,1H3;1H/p-1. The maximum atomic E-state index is 12.8. The molecule has 0 atom stereocenters. The Balaban J connectivity index is 0.00000210. The number of fused-ring (bicyclic) bond motifs is 3. The predicted molar refractivity (Wildman–Crippen MR) is 107 cm³/mol. The summed E-state index contributed by atoms with van der Waals surface area (Å²) in [6.45, 7) is 2.15. The second-order valence-electron chi connectivity index (χ2n) is 6.42.